The van der Waals surface area contributed by atoms with Gasteiger partial charge in [0.15, 0.2) is 11.4 Å². The Labute approximate surface area is 118 Å². The van der Waals surface area contributed by atoms with Crippen molar-refractivity contribution >= 4 is 16.1 Å². The van der Waals surface area contributed by atoms with Crippen LogP contribution in [0, 0.1) is 5.92 Å². The molecule has 6 nitrogen and oxygen atoms in total. The van der Waals surface area contributed by atoms with Crippen molar-refractivity contribution in [1.29, 1.82) is 0 Å². The van der Waals surface area contributed by atoms with Crippen LogP contribution in [0.1, 0.15) is 27.7 Å². The summed E-state index contributed by atoms with van der Waals surface area (Å²) in [7, 11) is -3.81. The quantitative estimate of drug-likeness (QED) is 0.426. The van der Waals surface area contributed by atoms with Gasteiger partial charge >= 0.3 is 5.97 Å². The Morgan fingerprint density at radius 1 is 1.30 bits per heavy atom. The summed E-state index contributed by atoms with van der Waals surface area (Å²) in [6.07, 6.45) is -1.47. The van der Waals surface area contributed by atoms with Gasteiger partial charge in [0.05, 0.1) is 0 Å². The normalized spacial score (nSPS) is 51.2. The van der Waals surface area contributed by atoms with E-state index in [4.69, 9.17) is 13.7 Å². The second-order valence-corrected chi connectivity index (χ2v) is 7.97. The zero-order valence-corrected chi connectivity index (χ0v) is 12.7. The summed E-state index contributed by atoms with van der Waals surface area (Å²) in [6.45, 7) is 10.4. The SMILES string of the molecule is C=C(C)C(=O)OC1C2C3OC1(C)C(C)C3(C)OS2(=O)=O. The third-order valence-corrected chi connectivity index (χ3v) is 6.79. The molecule has 3 aliphatic heterocycles. The summed E-state index contributed by atoms with van der Waals surface area (Å²) in [4.78, 5) is 11.8. The van der Waals surface area contributed by atoms with Gasteiger partial charge in [-0.15, -0.1) is 0 Å². The first-order chi connectivity index (χ1) is 9.04. The zero-order valence-electron chi connectivity index (χ0n) is 11.9. The molecule has 6 unspecified atom stereocenters. The number of esters is 1. The van der Waals surface area contributed by atoms with Crippen LogP contribution in [0.25, 0.3) is 0 Å². The van der Waals surface area contributed by atoms with Crippen LogP contribution in [0.5, 0.6) is 0 Å². The van der Waals surface area contributed by atoms with Crippen molar-refractivity contribution in [1.82, 2.24) is 0 Å². The predicted octanol–water partition coefficient (Wildman–Crippen LogP) is 0.769. The molecule has 0 aromatic heterocycles. The summed E-state index contributed by atoms with van der Waals surface area (Å²) in [5, 5.41) is -0.961. The highest BCUT2D eigenvalue weighted by Crippen LogP contribution is 2.62. The van der Waals surface area contributed by atoms with E-state index in [1.807, 2.05) is 6.92 Å². The first kappa shape index (κ1) is 14.0. The van der Waals surface area contributed by atoms with Crippen LogP contribution in [-0.4, -0.2) is 43.0 Å². The Bertz CT molecular complexity index is 610. The van der Waals surface area contributed by atoms with E-state index < -0.39 is 44.7 Å². The first-order valence-corrected chi connectivity index (χ1v) is 8.00. The van der Waals surface area contributed by atoms with Gasteiger partial charge < -0.3 is 9.47 Å². The third-order valence-electron chi connectivity index (χ3n) is 5.04. The van der Waals surface area contributed by atoms with Gasteiger partial charge in [-0.3, -0.25) is 4.18 Å². The molecule has 3 aliphatic rings. The molecule has 2 bridgehead atoms. The Balaban J connectivity index is 2.05. The molecular weight excluding hydrogens is 284 g/mol. The summed E-state index contributed by atoms with van der Waals surface area (Å²) in [6, 6.07) is 0. The standard InChI is InChI=1S/C13H18O6S/c1-6(2)11(14)17-9-8-10-13(5,19-20(8,15)16)7(3)12(9,4)18-10/h7-10H,1H2,2-5H3. The van der Waals surface area contributed by atoms with Gasteiger partial charge in [-0.05, 0) is 20.8 Å². The van der Waals surface area contributed by atoms with Crippen molar-refractivity contribution in [3.8, 4) is 0 Å². The fourth-order valence-corrected chi connectivity index (χ4v) is 5.74. The highest BCUT2D eigenvalue weighted by Gasteiger charge is 2.80. The number of ether oxygens (including phenoxy) is 2. The fourth-order valence-electron chi connectivity index (χ4n) is 3.63. The molecule has 3 saturated heterocycles. The maximum absolute atomic E-state index is 12.2. The van der Waals surface area contributed by atoms with Crippen LogP contribution in [0.3, 0.4) is 0 Å². The minimum atomic E-state index is -3.81. The number of hydrogen-bond donors (Lipinski definition) is 0. The van der Waals surface area contributed by atoms with E-state index in [2.05, 4.69) is 6.58 Å². The molecule has 0 N–H and O–H groups in total. The van der Waals surface area contributed by atoms with Crippen molar-refractivity contribution in [2.24, 2.45) is 5.92 Å². The Hall–Kier alpha value is -0.920. The zero-order chi connectivity index (χ0) is 15.1. The van der Waals surface area contributed by atoms with Crippen molar-refractivity contribution in [2.45, 2.75) is 56.4 Å². The van der Waals surface area contributed by atoms with E-state index in [0.717, 1.165) is 0 Å². The van der Waals surface area contributed by atoms with Crippen LogP contribution >= 0.6 is 0 Å². The lowest BCUT2D eigenvalue weighted by Crippen LogP contribution is -2.56. The topological polar surface area (TPSA) is 78.9 Å². The molecule has 0 aliphatic carbocycles. The van der Waals surface area contributed by atoms with E-state index in [-0.39, 0.29) is 11.5 Å². The molecule has 0 radical (unpaired) electrons. The molecule has 112 valence electrons. The predicted molar refractivity (Wildman–Crippen MR) is 69.3 cm³/mol. The molecule has 7 heteroatoms. The minimum Gasteiger partial charge on any atom is -0.454 e. The van der Waals surface area contributed by atoms with E-state index in [9.17, 15) is 13.2 Å². The van der Waals surface area contributed by atoms with Crippen LogP contribution in [-0.2, 0) is 28.6 Å². The molecule has 6 atom stereocenters. The van der Waals surface area contributed by atoms with Gasteiger partial charge in [0.2, 0.25) is 0 Å². The summed E-state index contributed by atoms with van der Waals surface area (Å²) < 4.78 is 41.0. The Morgan fingerprint density at radius 2 is 1.90 bits per heavy atom. The Kier molecular flexibility index (Phi) is 2.55. The fraction of sp³-hybridized carbons (Fsp3) is 0.769. The molecule has 3 heterocycles. The summed E-state index contributed by atoms with van der Waals surface area (Å²) in [5.74, 6) is -0.820. The molecule has 3 fully saturated rings. The van der Waals surface area contributed by atoms with Crippen LogP contribution in [0.4, 0.5) is 0 Å². The average molecular weight is 302 g/mol. The maximum atomic E-state index is 12.2. The van der Waals surface area contributed by atoms with Gasteiger partial charge in [-0.2, -0.15) is 8.42 Å². The van der Waals surface area contributed by atoms with E-state index in [0.29, 0.717) is 0 Å². The number of carbonyl (C=O) groups is 1. The summed E-state index contributed by atoms with van der Waals surface area (Å²) in [5.41, 5.74) is -1.52. The highest BCUT2D eigenvalue weighted by atomic mass is 32.2. The van der Waals surface area contributed by atoms with Crippen molar-refractivity contribution in [3.05, 3.63) is 12.2 Å². The number of hydrogen-bond acceptors (Lipinski definition) is 6. The van der Waals surface area contributed by atoms with Crippen LogP contribution in [0.15, 0.2) is 12.2 Å². The van der Waals surface area contributed by atoms with Gasteiger partial charge in [0, 0.05) is 11.5 Å². The highest BCUT2D eigenvalue weighted by molar-refractivity contribution is 7.87. The number of rotatable bonds is 2. The number of carbonyl (C=O) groups excluding carboxylic acids is 1. The van der Waals surface area contributed by atoms with Crippen molar-refractivity contribution in [3.63, 3.8) is 0 Å². The first-order valence-electron chi connectivity index (χ1n) is 6.53. The summed E-state index contributed by atoms with van der Waals surface area (Å²) >= 11 is 0. The van der Waals surface area contributed by atoms with Crippen molar-refractivity contribution in [2.75, 3.05) is 0 Å². The van der Waals surface area contributed by atoms with E-state index in [1.165, 1.54) is 6.92 Å². The van der Waals surface area contributed by atoms with E-state index >= 15 is 0 Å². The second kappa shape index (κ2) is 3.64. The second-order valence-electron chi connectivity index (χ2n) is 6.27. The van der Waals surface area contributed by atoms with E-state index in [1.54, 1.807) is 13.8 Å². The van der Waals surface area contributed by atoms with Crippen molar-refractivity contribution < 1.29 is 26.9 Å². The maximum Gasteiger partial charge on any atom is 0.333 e. The molecule has 3 rings (SSSR count). The molecule has 20 heavy (non-hydrogen) atoms. The minimum absolute atomic E-state index is 0.212. The van der Waals surface area contributed by atoms with Crippen LogP contribution < -0.4 is 0 Å². The van der Waals surface area contributed by atoms with Gasteiger partial charge in [0.25, 0.3) is 10.1 Å². The van der Waals surface area contributed by atoms with Crippen LogP contribution in [0.2, 0.25) is 0 Å². The van der Waals surface area contributed by atoms with Gasteiger partial charge in [-0.1, -0.05) is 13.5 Å². The smallest absolute Gasteiger partial charge is 0.333 e. The molecule has 0 saturated carbocycles. The molecule has 0 amide bonds. The largest absolute Gasteiger partial charge is 0.454 e. The average Bonchev–Trinajstić information content (AvgIpc) is 2.77. The molecular formula is C13H18O6S. The lowest BCUT2D eigenvalue weighted by molar-refractivity contribution is -0.154. The monoisotopic (exact) mass is 302 g/mol. The molecule has 0 spiro atoms. The number of fused-ring (bicyclic) bond motifs is 1. The lowest BCUT2D eigenvalue weighted by Gasteiger charge is -2.38. The Morgan fingerprint density at radius 3 is 2.45 bits per heavy atom. The molecule has 0 aromatic rings. The molecule has 0 aromatic carbocycles. The third kappa shape index (κ3) is 1.40. The lowest BCUT2D eigenvalue weighted by atomic mass is 9.69. The van der Waals surface area contributed by atoms with Gasteiger partial charge in [0.1, 0.15) is 17.3 Å². The van der Waals surface area contributed by atoms with Gasteiger partial charge in [-0.25, -0.2) is 4.79 Å².